The molecule has 1 N–H and O–H groups in total. The van der Waals surface area contributed by atoms with Gasteiger partial charge in [-0.2, -0.15) is 8.42 Å². The van der Waals surface area contributed by atoms with E-state index in [0.717, 1.165) is 17.0 Å². The summed E-state index contributed by atoms with van der Waals surface area (Å²) in [5.74, 6) is -1.23. The molecule has 0 bridgehead atoms. The SMILES string of the molecule is C=CC(=O)[O-].C=CC=C.O=S(=O)(O)C=Cc1ccccc1.[Na+]. The zero-order chi connectivity index (χ0) is 16.7. The maximum Gasteiger partial charge on any atom is 1.00 e. The van der Waals surface area contributed by atoms with Crippen LogP contribution in [0.25, 0.3) is 6.08 Å². The molecule has 0 spiro atoms. The summed E-state index contributed by atoms with van der Waals surface area (Å²) < 4.78 is 28.9. The third-order valence-corrected chi connectivity index (χ3v) is 2.05. The summed E-state index contributed by atoms with van der Waals surface area (Å²) in [4.78, 5) is 9.14. The third kappa shape index (κ3) is 23.6. The van der Waals surface area contributed by atoms with Gasteiger partial charge in [0, 0.05) is 0 Å². The molecule has 0 unspecified atom stereocenters. The second-order valence-electron chi connectivity index (χ2n) is 3.22. The zero-order valence-corrected chi connectivity index (χ0v) is 15.2. The molecule has 0 aliphatic rings. The van der Waals surface area contributed by atoms with Crippen LogP contribution in [0.2, 0.25) is 0 Å². The number of carboxylic acids is 1. The van der Waals surface area contributed by atoms with Gasteiger partial charge in [0.1, 0.15) is 0 Å². The minimum atomic E-state index is -4.00. The van der Waals surface area contributed by atoms with Crippen LogP contribution in [0.5, 0.6) is 0 Å². The first-order valence-electron chi connectivity index (χ1n) is 5.54. The van der Waals surface area contributed by atoms with Gasteiger partial charge in [-0.25, -0.2) is 0 Å². The Kier molecular flexibility index (Phi) is 18.5. The Morgan fingerprint density at radius 1 is 1.09 bits per heavy atom. The number of hydrogen-bond donors (Lipinski definition) is 1. The minimum Gasteiger partial charge on any atom is -0.545 e. The molecule has 0 atom stereocenters. The van der Waals surface area contributed by atoms with Crippen LogP contribution in [-0.2, 0) is 14.9 Å². The average Bonchev–Trinajstić information content (AvgIpc) is 2.46. The van der Waals surface area contributed by atoms with Gasteiger partial charge in [0.25, 0.3) is 10.1 Å². The molecular formula is C15H17NaO5S. The number of aliphatic carboxylic acids is 1. The first kappa shape index (κ1) is 25.5. The van der Waals surface area contributed by atoms with Crippen molar-refractivity contribution in [3.8, 4) is 0 Å². The molecule has 0 aromatic heterocycles. The summed E-state index contributed by atoms with van der Waals surface area (Å²) in [7, 11) is -4.00. The van der Waals surface area contributed by atoms with E-state index in [1.165, 1.54) is 6.08 Å². The molecule has 22 heavy (non-hydrogen) atoms. The number of benzene rings is 1. The van der Waals surface area contributed by atoms with Crippen LogP contribution in [0, 0.1) is 0 Å². The first-order valence-corrected chi connectivity index (χ1v) is 7.04. The van der Waals surface area contributed by atoms with E-state index < -0.39 is 16.1 Å². The van der Waals surface area contributed by atoms with Gasteiger partial charge in [-0.15, -0.1) is 0 Å². The van der Waals surface area contributed by atoms with Gasteiger partial charge in [0.2, 0.25) is 0 Å². The minimum absolute atomic E-state index is 0. The summed E-state index contributed by atoms with van der Waals surface area (Å²) in [5.41, 5.74) is 0.732. The molecule has 0 aliphatic carbocycles. The molecule has 0 aliphatic heterocycles. The van der Waals surface area contributed by atoms with E-state index in [0.29, 0.717) is 0 Å². The Bertz CT molecular complexity index is 571. The van der Waals surface area contributed by atoms with Crippen molar-refractivity contribution in [2.75, 3.05) is 0 Å². The topological polar surface area (TPSA) is 94.5 Å². The van der Waals surface area contributed by atoms with Crippen LogP contribution in [0.3, 0.4) is 0 Å². The Hall–Kier alpha value is -1.44. The molecule has 0 heterocycles. The Balaban J connectivity index is -0.000000304. The predicted molar refractivity (Wildman–Crippen MR) is 82.6 cm³/mol. The molecule has 0 saturated carbocycles. The molecule has 0 saturated heterocycles. The summed E-state index contributed by atoms with van der Waals surface area (Å²) in [6.07, 6.45) is 5.33. The Morgan fingerprint density at radius 2 is 1.50 bits per heavy atom. The van der Waals surface area contributed by atoms with E-state index in [-0.39, 0.29) is 29.6 Å². The van der Waals surface area contributed by atoms with Crippen molar-refractivity contribution in [3.05, 3.63) is 79.3 Å². The zero-order valence-electron chi connectivity index (χ0n) is 12.4. The van der Waals surface area contributed by atoms with Gasteiger partial charge in [-0.3, -0.25) is 4.55 Å². The standard InChI is InChI=1S/C8H8O3S.C4H6.C3H4O2.Na/c9-12(10,11)7-6-8-4-2-1-3-5-8;1-3-4-2;1-2-3(4)5;/h1-7H,(H,9,10,11);3-4H,1-2H2;2H,1H2,(H,4,5);/q;;;+1/p-1. The molecule has 0 radical (unpaired) electrons. The van der Waals surface area contributed by atoms with Gasteiger partial charge in [0.05, 0.1) is 11.4 Å². The Morgan fingerprint density at radius 3 is 1.77 bits per heavy atom. The van der Waals surface area contributed by atoms with Crippen molar-refractivity contribution in [2.45, 2.75) is 0 Å². The molecule has 114 valence electrons. The largest absolute Gasteiger partial charge is 1.00 e. The molecule has 0 amide bonds. The first-order chi connectivity index (χ1) is 9.76. The fraction of sp³-hybridized carbons (Fsp3) is 0. The van der Waals surface area contributed by atoms with Crippen LogP contribution < -0.4 is 34.7 Å². The quantitative estimate of drug-likeness (QED) is 0.324. The maximum atomic E-state index is 10.3. The van der Waals surface area contributed by atoms with Gasteiger partial charge in [0.15, 0.2) is 0 Å². The molecule has 7 heteroatoms. The van der Waals surface area contributed by atoms with Gasteiger partial charge in [-0.05, 0) is 17.7 Å². The molecular weight excluding hydrogens is 315 g/mol. The van der Waals surface area contributed by atoms with Crippen molar-refractivity contribution in [3.63, 3.8) is 0 Å². The normalized spacial score (nSPS) is 8.95. The van der Waals surface area contributed by atoms with Crippen molar-refractivity contribution < 1.29 is 52.4 Å². The van der Waals surface area contributed by atoms with Crippen LogP contribution in [0.15, 0.2) is 73.7 Å². The van der Waals surface area contributed by atoms with E-state index in [2.05, 4.69) is 19.7 Å². The number of hydrogen-bond acceptors (Lipinski definition) is 4. The summed E-state index contributed by atoms with van der Waals surface area (Å²) in [6.45, 7) is 9.62. The molecule has 5 nitrogen and oxygen atoms in total. The van der Waals surface area contributed by atoms with Crippen molar-refractivity contribution in [2.24, 2.45) is 0 Å². The van der Waals surface area contributed by atoms with Crippen molar-refractivity contribution >= 4 is 22.2 Å². The summed E-state index contributed by atoms with van der Waals surface area (Å²) in [5, 5.41) is 9.89. The fourth-order valence-corrected chi connectivity index (χ4v) is 1.06. The van der Waals surface area contributed by atoms with E-state index in [4.69, 9.17) is 14.5 Å². The van der Waals surface area contributed by atoms with Crippen LogP contribution in [0.4, 0.5) is 0 Å². The van der Waals surface area contributed by atoms with Crippen LogP contribution in [-0.4, -0.2) is 18.9 Å². The van der Waals surface area contributed by atoms with Crippen molar-refractivity contribution in [1.29, 1.82) is 0 Å². The summed E-state index contributed by atoms with van der Waals surface area (Å²) >= 11 is 0. The van der Waals surface area contributed by atoms with Gasteiger partial charge in [-0.1, -0.05) is 62.2 Å². The average molecular weight is 332 g/mol. The number of allylic oxidation sites excluding steroid dienone is 2. The summed E-state index contributed by atoms with van der Waals surface area (Å²) in [6, 6.07) is 8.86. The second-order valence-corrected chi connectivity index (χ2v) is 4.53. The number of carboxylic acid groups (broad SMARTS) is 1. The van der Waals surface area contributed by atoms with Gasteiger partial charge >= 0.3 is 29.6 Å². The van der Waals surface area contributed by atoms with Crippen LogP contribution >= 0.6 is 0 Å². The maximum absolute atomic E-state index is 10.3. The molecule has 1 aromatic rings. The van der Waals surface area contributed by atoms with Gasteiger partial charge < -0.3 is 9.90 Å². The predicted octanol–water partition coefficient (Wildman–Crippen LogP) is -1.17. The fourth-order valence-electron chi connectivity index (χ4n) is 0.729. The third-order valence-electron chi connectivity index (χ3n) is 1.57. The number of rotatable bonds is 4. The van der Waals surface area contributed by atoms with Crippen molar-refractivity contribution in [1.82, 2.24) is 0 Å². The smallest absolute Gasteiger partial charge is 0.545 e. The van der Waals surface area contributed by atoms with E-state index in [9.17, 15) is 8.42 Å². The monoisotopic (exact) mass is 332 g/mol. The van der Waals surface area contributed by atoms with E-state index in [1.54, 1.807) is 36.4 Å². The van der Waals surface area contributed by atoms with E-state index >= 15 is 0 Å². The second kappa shape index (κ2) is 15.9. The number of carbonyl (C=O) groups excluding carboxylic acids is 1. The number of carbonyl (C=O) groups is 1. The van der Waals surface area contributed by atoms with Crippen LogP contribution in [0.1, 0.15) is 5.56 Å². The molecule has 0 fully saturated rings. The van der Waals surface area contributed by atoms with E-state index in [1.807, 2.05) is 6.07 Å². The molecule has 1 aromatic carbocycles. The molecule has 1 rings (SSSR count). The Labute approximate surface area is 153 Å².